The first-order valence-corrected chi connectivity index (χ1v) is 10.8. The molecule has 2 aromatic heterocycles. The van der Waals surface area contributed by atoms with Gasteiger partial charge in [0.2, 0.25) is 0 Å². The van der Waals surface area contributed by atoms with Gasteiger partial charge in [-0.1, -0.05) is 43.7 Å². The summed E-state index contributed by atoms with van der Waals surface area (Å²) >= 11 is 3.55. The monoisotopic (exact) mass is 466 g/mol. The van der Waals surface area contributed by atoms with E-state index in [1.165, 1.54) is 7.11 Å². The summed E-state index contributed by atoms with van der Waals surface area (Å²) in [6, 6.07) is 13.6. The number of benzene rings is 2. The van der Waals surface area contributed by atoms with Gasteiger partial charge in [0.25, 0.3) is 0 Å². The number of aromatic nitrogens is 2. The number of unbranched alkanes of at least 4 members (excludes halogenated alkanes) is 1. The zero-order valence-electron chi connectivity index (χ0n) is 17.0. The SMILES string of the molecule is CCCCc1nccn1Cc1ccc2c(-c3ccccc3C(=O)OC)oc(Br)c2c1. The Morgan fingerprint density at radius 1 is 1.20 bits per heavy atom. The summed E-state index contributed by atoms with van der Waals surface area (Å²) in [6.07, 6.45) is 7.15. The van der Waals surface area contributed by atoms with Crippen molar-refractivity contribution in [3.05, 3.63) is 76.5 Å². The standard InChI is InChI=1S/C24H23BrN2O3/c1-3-4-9-21-26-12-13-27(21)15-16-10-11-18-20(14-16)23(25)30-22(18)17-7-5-6-8-19(17)24(28)29-2/h5-8,10-14H,3-4,9,15H2,1-2H3. The first-order chi connectivity index (χ1) is 14.6. The molecule has 0 radical (unpaired) electrons. The highest BCUT2D eigenvalue weighted by molar-refractivity contribution is 9.10. The molecule has 6 heteroatoms. The van der Waals surface area contributed by atoms with Gasteiger partial charge in [-0.05, 0) is 40.0 Å². The number of hydrogen-bond donors (Lipinski definition) is 0. The topological polar surface area (TPSA) is 57.3 Å². The van der Waals surface area contributed by atoms with Gasteiger partial charge in [-0.15, -0.1) is 0 Å². The van der Waals surface area contributed by atoms with Gasteiger partial charge in [-0.25, -0.2) is 9.78 Å². The molecule has 0 N–H and O–H groups in total. The fraction of sp³-hybridized carbons (Fsp3) is 0.250. The third kappa shape index (κ3) is 3.92. The molecule has 154 valence electrons. The number of aryl methyl sites for hydroxylation is 1. The molecule has 0 bridgehead atoms. The molecular weight excluding hydrogens is 444 g/mol. The maximum atomic E-state index is 12.2. The molecule has 0 aliphatic carbocycles. The van der Waals surface area contributed by atoms with Crippen LogP contribution in [0.4, 0.5) is 0 Å². The lowest BCUT2D eigenvalue weighted by Crippen LogP contribution is -2.04. The largest absolute Gasteiger partial charge is 0.465 e. The van der Waals surface area contributed by atoms with Crippen LogP contribution in [0.5, 0.6) is 0 Å². The molecule has 0 saturated carbocycles. The summed E-state index contributed by atoms with van der Waals surface area (Å²) in [5.41, 5.74) is 2.35. The van der Waals surface area contributed by atoms with Crippen molar-refractivity contribution in [2.45, 2.75) is 32.7 Å². The predicted octanol–water partition coefficient (Wildman–Crippen LogP) is 6.24. The Labute approximate surface area is 183 Å². The van der Waals surface area contributed by atoms with Crippen molar-refractivity contribution in [2.24, 2.45) is 0 Å². The summed E-state index contributed by atoms with van der Waals surface area (Å²) in [6.45, 7) is 2.94. The third-order valence-corrected chi connectivity index (χ3v) is 5.81. The van der Waals surface area contributed by atoms with Gasteiger partial charge in [-0.3, -0.25) is 0 Å². The molecule has 0 aliphatic heterocycles. The van der Waals surface area contributed by atoms with Gasteiger partial charge in [-0.2, -0.15) is 0 Å². The van der Waals surface area contributed by atoms with Crippen molar-refractivity contribution in [3.63, 3.8) is 0 Å². The van der Waals surface area contributed by atoms with E-state index >= 15 is 0 Å². The van der Waals surface area contributed by atoms with Crippen molar-refractivity contribution in [3.8, 4) is 11.3 Å². The van der Waals surface area contributed by atoms with Crippen molar-refractivity contribution in [2.75, 3.05) is 7.11 Å². The van der Waals surface area contributed by atoms with E-state index < -0.39 is 0 Å². The van der Waals surface area contributed by atoms with E-state index in [2.05, 4.69) is 44.5 Å². The lowest BCUT2D eigenvalue weighted by Gasteiger charge is -2.08. The number of nitrogens with zero attached hydrogens (tertiary/aromatic N) is 2. The minimum absolute atomic E-state index is 0.386. The zero-order chi connectivity index (χ0) is 21.1. The lowest BCUT2D eigenvalue weighted by molar-refractivity contribution is 0.0601. The Hall–Kier alpha value is -2.86. The van der Waals surface area contributed by atoms with Gasteiger partial charge >= 0.3 is 5.97 Å². The van der Waals surface area contributed by atoms with E-state index in [0.717, 1.165) is 48.0 Å². The van der Waals surface area contributed by atoms with Crippen LogP contribution in [-0.4, -0.2) is 22.6 Å². The predicted molar refractivity (Wildman–Crippen MR) is 121 cm³/mol. The molecule has 5 nitrogen and oxygen atoms in total. The number of carbonyl (C=O) groups excluding carboxylic acids is 1. The Bertz CT molecular complexity index is 1190. The van der Waals surface area contributed by atoms with E-state index in [0.29, 0.717) is 21.6 Å². The van der Waals surface area contributed by atoms with Crippen molar-refractivity contribution in [1.29, 1.82) is 0 Å². The van der Waals surface area contributed by atoms with Crippen LogP contribution in [0.1, 0.15) is 41.5 Å². The first-order valence-electron chi connectivity index (χ1n) is 10.0. The normalized spacial score (nSPS) is 11.2. The summed E-state index contributed by atoms with van der Waals surface area (Å²) < 4.78 is 13.8. The van der Waals surface area contributed by atoms with Crippen LogP contribution in [0, 0.1) is 0 Å². The summed E-state index contributed by atoms with van der Waals surface area (Å²) in [5, 5.41) is 1.91. The molecule has 0 fully saturated rings. The average molecular weight is 467 g/mol. The van der Waals surface area contributed by atoms with Gasteiger partial charge in [0, 0.05) is 41.7 Å². The molecule has 0 aliphatic rings. The highest BCUT2D eigenvalue weighted by atomic mass is 79.9. The number of hydrogen-bond acceptors (Lipinski definition) is 4. The molecule has 0 spiro atoms. The molecule has 2 heterocycles. The quantitative estimate of drug-likeness (QED) is 0.302. The number of esters is 1. The maximum absolute atomic E-state index is 12.2. The lowest BCUT2D eigenvalue weighted by atomic mass is 10.0. The Morgan fingerprint density at radius 2 is 2.03 bits per heavy atom. The Morgan fingerprint density at radius 3 is 2.83 bits per heavy atom. The molecule has 0 atom stereocenters. The Balaban J connectivity index is 1.71. The minimum atomic E-state index is -0.386. The fourth-order valence-electron chi connectivity index (χ4n) is 3.66. The first kappa shape index (κ1) is 20.4. The van der Waals surface area contributed by atoms with Crippen molar-refractivity contribution >= 4 is 32.7 Å². The van der Waals surface area contributed by atoms with E-state index in [-0.39, 0.29) is 5.97 Å². The number of fused-ring (bicyclic) bond motifs is 1. The zero-order valence-corrected chi connectivity index (χ0v) is 18.6. The minimum Gasteiger partial charge on any atom is -0.465 e. The number of rotatable bonds is 7. The summed E-state index contributed by atoms with van der Waals surface area (Å²) in [5.74, 6) is 1.37. The molecular formula is C24H23BrN2O3. The second-order valence-electron chi connectivity index (χ2n) is 7.20. The van der Waals surface area contributed by atoms with Gasteiger partial charge < -0.3 is 13.7 Å². The molecule has 4 rings (SSSR count). The highest BCUT2D eigenvalue weighted by Gasteiger charge is 2.20. The summed E-state index contributed by atoms with van der Waals surface area (Å²) in [4.78, 5) is 16.7. The molecule has 4 aromatic rings. The number of ether oxygens (including phenoxy) is 1. The van der Waals surface area contributed by atoms with Crippen LogP contribution in [0.2, 0.25) is 0 Å². The number of carbonyl (C=O) groups is 1. The van der Waals surface area contributed by atoms with Crippen molar-refractivity contribution in [1.82, 2.24) is 9.55 Å². The average Bonchev–Trinajstić information content (AvgIpc) is 3.35. The molecule has 0 unspecified atom stereocenters. The number of methoxy groups -OCH3 is 1. The van der Waals surface area contributed by atoms with Crippen LogP contribution in [0.25, 0.3) is 22.1 Å². The second-order valence-corrected chi connectivity index (χ2v) is 7.92. The smallest absolute Gasteiger partial charge is 0.338 e. The number of halogens is 1. The maximum Gasteiger partial charge on any atom is 0.338 e. The van der Waals surface area contributed by atoms with Crippen LogP contribution in [-0.2, 0) is 17.7 Å². The Kier molecular flexibility index (Phi) is 6.04. The van der Waals surface area contributed by atoms with E-state index in [9.17, 15) is 4.79 Å². The van der Waals surface area contributed by atoms with Gasteiger partial charge in [0.1, 0.15) is 11.6 Å². The van der Waals surface area contributed by atoms with E-state index in [4.69, 9.17) is 9.15 Å². The number of furan rings is 1. The third-order valence-electron chi connectivity index (χ3n) is 5.22. The molecule has 0 saturated heterocycles. The molecule has 2 aromatic carbocycles. The van der Waals surface area contributed by atoms with E-state index in [1.54, 1.807) is 6.07 Å². The van der Waals surface area contributed by atoms with Crippen LogP contribution in [0.15, 0.2) is 63.9 Å². The summed E-state index contributed by atoms with van der Waals surface area (Å²) in [7, 11) is 1.38. The van der Waals surface area contributed by atoms with Gasteiger partial charge in [0.05, 0.1) is 12.7 Å². The van der Waals surface area contributed by atoms with Crippen LogP contribution in [0.3, 0.4) is 0 Å². The molecule has 30 heavy (non-hydrogen) atoms. The van der Waals surface area contributed by atoms with Crippen LogP contribution >= 0.6 is 15.9 Å². The van der Waals surface area contributed by atoms with Crippen LogP contribution < -0.4 is 0 Å². The second kappa shape index (κ2) is 8.88. The highest BCUT2D eigenvalue weighted by Crippen LogP contribution is 2.38. The molecule has 0 amide bonds. The van der Waals surface area contributed by atoms with Gasteiger partial charge in [0.15, 0.2) is 4.67 Å². The fourth-order valence-corrected chi connectivity index (χ4v) is 4.15. The van der Waals surface area contributed by atoms with Crippen molar-refractivity contribution < 1.29 is 13.9 Å². The number of imidazole rings is 1. The van der Waals surface area contributed by atoms with E-state index in [1.807, 2.05) is 36.7 Å².